The van der Waals surface area contributed by atoms with Gasteiger partial charge in [-0.05, 0) is 39.3 Å². The standard InChI is InChI=1S/C23H17IN2O2/c24-20-16-26(25-21(20)22(27)28)23(17-10-4-1-5-11-17,18-12-6-2-7-13-18)19-14-8-3-9-15-19/h1-16H,(H,27,28). The number of nitrogens with zero attached hydrogens (tertiary/aromatic N) is 2. The number of rotatable bonds is 5. The summed E-state index contributed by atoms with van der Waals surface area (Å²) in [5, 5.41) is 14.1. The Morgan fingerprint density at radius 3 is 1.50 bits per heavy atom. The van der Waals surface area contributed by atoms with Crippen LogP contribution in [0.3, 0.4) is 0 Å². The molecule has 0 atom stereocenters. The number of hydrogen-bond acceptors (Lipinski definition) is 2. The van der Waals surface area contributed by atoms with Crippen molar-refractivity contribution >= 4 is 28.6 Å². The Hall–Kier alpha value is -2.93. The van der Waals surface area contributed by atoms with Crippen LogP contribution in [0, 0.1) is 3.57 Å². The van der Waals surface area contributed by atoms with Crippen molar-refractivity contribution in [3.63, 3.8) is 0 Å². The van der Waals surface area contributed by atoms with Crippen LogP contribution >= 0.6 is 22.6 Å². The van der Waals surface area contributed by atoms with Crippen molar-refractivity contribution in [3.8, 4) is 0 Å². The lowest BCUT2D eigenvalue weighted by atomic mass is 9.77. The van der Waals surface area contributed by atoms with Crippen LogP contribution in [0.2, 0.25) is 0 Å². The first-order valence-electron chi connectivity index (χ1n) is 8.79. The molecule has 0 aliphatic heterocycles. The number of carboxylic acid groups (broad SMARTS) is 1. The number of benzene rings is 3. The first kappa shape index (κ1) is 18.4. The molecule has 4 rings (SSSR count). The van der Waals surface area contributed by atoms with E-state index < -0.39 is 11.5 Å². The maximum absolute atomic E-state index is 11.7. The Labute approximate surface area is 176 Å². The molecule has 3 aromatic carbocycles. The molecule has 28 heavy (non-hydrogen) atoms. The molecule has 1 N–H and O–H groups in total. The Balaban J connectivity index is 2.13. The number of aromatic carboxylic acids is 1. The molecule has 4 nitrogen and oxygen atoms in total. The largest absolute Gasteiger partial charge is 0.476 e. The fourth-order valence-electron chi connectivity index (χ4n) is 3.60. The van der Waals surface area contributed by atoms with Crippen molar-refractivity contribution in [2.45, 2.75) is 5.54 Å². The predicted molar refractivity (Wildman–Crippen MR) is 117 cm³/mol. The van der Waals surface area contributed by atoms with Crippen LogP contribution in [-0.2, 0) is 5.54 Å². The van der Waals surface area contributed by atoms with Gasteiger partial charge in [-0.3, -0.25) is 4.68 Å². The molecular formula is C23H17IN2O2. The van der Waals surface area contributed by atoms with Gasteiger partial charge < -0.3 is 5.11 Å². The zero-order valence-corrected chi connectivity index (χ0v) is 17.0. The molecule has 0 unspecified atom stereocenters. The molecule has 0 aliphatic rings. The third-order valence-electron chi connectivity index (χ3n) is 4.79. The van der Waals surface area contributed by atoms with E-state index in [9.17, 15) is 9.90 Å². The van der Waals surface area contributed by atoms with Crippen LogP contribution in [-0.4, -0.2) is 20.9 Å². The second kappa shape index (κ2) is 7.59. The SMILES string of the molecule is O=C(O)c1nn(C(c2ccccc2)(c2ccccc2)c2ccccc2)cc1I. The third-order valence-corrected chi connectivity index (χ3v) is 5.58. The molecular weight excluding hydrogens is 463 g/mol. The molecule has 0 aliphatic carbocycles. The number of carbonyl (C=O) groups is 1. The second-order valence-corrected chi connectivity index (χ2v) is 7.55. The topological polar surface area (TPSA) is 55.1 Å². The maximum Gasteiger partial charge on any atom is 0.357 e. The van der Waals surface area contributed by atoms with Crippen molar-refractivity contribution in [2.75, 3.05) is 0 Å². The summed E-state index contributed by atoms with van der Waals surface area (Å²) >= 11 is 2.03. The fourth-order valence-corrected chi connectivity index (χ4v) is 4.21. The summed E-state index contributed by atoms with van der Waals surface area (Å²) in [7, 11) is 0. The summed E-state index contributed by atoms with van der Waals surface area (Å²) in [5.74, 6) is -1.04. The van der Waals surface area contributed by atoms with Gasteiger partial charge in [0.1, 0.15) is 5.54 Å². The number of aromatic nitrogens is 2. The van der Waals surface area contributed by atoms with Crippen LogP contribution in [0.15, 0.2) is 97.2 Å². The number of halogens is 1. The van der Waals surface area contributed by atoms with Gasteiger partial charge in [0.25, 0.3) is 0 Å². The highest BCUT2D eigenvalue weighted by Gasteiger charge is 2.40. The van der Waals surface area contributed by atoms with E-state index in [0.29, 0.717) is 3.57 Å². The summed E-state index contributed by atoms with van der Waals surface area (Å²) in [6.07, 6.45) is 1.80. The van der Waals surface area contributed by atoms with Crippen LogP contribution in [0.1, 0.15) is 27.2 Å². The van der Waals surface area contributed by atoms with E-state index in [1.807, 2.05) is 77.2 Å². The van der Waals surface area contributed by atoms with E-state index in [1.165, 1.54) is 0 Å². The molecule has 0 fully saturated rings. The molecule has 0 bridgehead atoms. The Kier molecular flexibility index (Phi) is 5.00. The lowest BCUT2D eigenvalue weighted by Crippen LogP contribution is -2.38. The third kappa shape index (κ3) is 3.01. The van der Waals surface area contributed by atoms with Gasteiger partial charge in [-0.15, -0.1) is 0 Å². The summed E-state index contributed by atoms with van der Waals surface area (Å²) < 4.78 is 2.37. The van der Waals surface area contributed by atoms with Crippen molar-refractivity contribution in [1.29, 1.82) is 0 Å². The number of carboxylic acids is 1. The van der Waals surface area contributed by atoms with E-state index in [1.54, 1.807) is 10.9 Å². The highest BCUT2D eigenvalue weighted by atomic mass is 127. The van der Waals surface area contributed by atoms with E-state index >= 15 is 0 Å². The molecule has 0 saturated heterocycles. The van der Waals surface area contributed by atoms with Gasteiger partial charge in [0.2, 0.25) is 0 Å². The van der Waals surface area contributed by atoms with Gasteiger partial charge in [-0.2, -0.15) is 5.10 Å². The quantitative estimate of drug-likeness (QED) is 0.322. The van der Waals surface area contributed by atoms with Crippen LogP contribution in [0.4, 0.5) is 0 Å². The highest BCUT2D eigenvalue weighted by Crippen LogP contribution is 2.40. The lowest BCUT2D eigenvalue weighted by molar-refractivity contribution is 0.0688. The van der Waals surface area contributed by atoms with Crippen LogP contribution < -0.4 is 0 Å². The first-order chi connectivity index (χ1) is 13.6. The van der Waals surface area contributed by atoms with Gasteiger partial charge in [-0.1, -0.05) is 91.0 Å². The number of hydrogen-bond donors (Lipinski definition) is 1. The molecule has 4 aromatic rings. The Bertz CT molecular complexity index is 997. The van der Waals surface area contributed by atoms with Crippen LogP contribution in [0.25, 0.3) is 0 Å². The molecule has 138 valence electrons. The summed E-state index contributed by atoms with van der Waals surface area (Å²) in [5.41, 5.74) is 2.26. The van der Waals surface area contributed by atoms with Crippen LogP contribution in [0.5, 0.6) is 0 Å². The van der Waals surface area contributed by atoms with E-state index in [2.05, 4.69) is 41.5 Å². The Morgan fingerprint density at radius 2 is 1.18 bits per heavy atom. The molecule has 0 spiro atoms. The molecule has 0 radical (unpaired) electrons. The molecule has 1 aromatic heterocycles. The summed E-state index contributed by atoms with van der Waals surface area (Å²) in [6.45, 7) is 0. The molecule has 1 heterocycles. The highest BCUT2D eigenvalue weighted by molar-refractivity contribution is 14.1. The minimum Gasteiger partial charge on any atom is -0.476 e. The minimum atomic E-state index is -1.04. The van der Waals surface area contributed by atoms with E-state index in [4.69, 9.17) is 0 Å². The molecule has 0 saturated carbocycles. The van der Waals surface area contributed by atoms with Gasteiger partial charge in [0.05, 0.1) is 3.57 Å². The summed E-state index contributed by atoms with van der Waals surface area (Å²) in [6, 6.07) is 30.2. The monoisotopic (exact) mass is 480 g/mol. The van der Waals surface area contributed by atoms with Crippen molar-refractivity contribution in [3.05, 3.63) is 123 Å². The smallest absolute Gasteiger partial charge is 0.357 e. The Morgan fingerprint density at radius 1 is 0.786 bits per heavy atom. The normalized spacial score (nSPS) is 11.3. The lowest BCUT2D eigenvalue weighted by Gasteiger charge is -2.36. The zero-order valence-electron chi connectivity index (χ0n) is 14.9. The van der Waals surface area contributed by atoms with Gasteiger partial charge in [0, 0.05) is 6.20 Å². The van der Waals surface area contributed by atoms with Gasteiger partial charge in [-0.25, -0.2) is 4.79 Å². The average molecular weight is 480 g/mol. The van der Waals surface area contributed by atoms with E-state index in [-0.39, 0.29) is 5.69 Å². The second-order valence-electron chi connectivity index (χ2n) is 6.38. The average Bonchev–Trinajstić information content (AvgIpc) is 3.13. The predicted octanol–water partition coefficient (Wildman–Crippen LogP) is 5.03. The van der Waals surface area contributed by atoms with Crippen molar-refractivity contribution in [1.82, 2.24) is 9.78 Å². The van der Waals surface area contributed by atoms with Crippen molar-refractivity contribution < 1.29 is 9.90 Å². The first-order valence-corrected chi connectivity index (χ1v) is 9.87. The summed E-state index contributed by atoms with van der Waals surface area (Å²) in [4.78, 5) is 11.7. The van der Waals surface area contributed by atoms with Gasteiger partial charge in [0.15, 0.2) is 5.69 Å². The van der Waals surface area contributed by atoms with E-state index in [0.717, 1.165) is 16.7 Å². The van der Waals surface area contributed by atoms with Gasteiger partial charge >= 0.3 is 5.97 Å². The molecule has 0 amide bonds. The van der Waals surface area contributed by atoms with Crippen molar-refractivity contribution in [2.24, 2.45) is 0 Å². The molecule has 5 heteroatoms. The zero-order chi connectivity index (χ0) is 19.6. The maximum atomic E-state index is 11.7. The fraction of sp³-hybridized carbons (Fsp3) is 0.0435. The minimum absolute atomic E-state index is 0.0489.